The fourth-order valence-corrected chi connectivity index (χ4v) is 2.35. The minimum Gasteiger partial charge on any atom is -0.790 e. The van der Waals surface area contributed by atoms with Gasteiger partial charge in [0.25, 0.3) is 0 Å². The van der Waals surface area contributed by atoms with Crippen LogP contribution in [0.3, 0.4) is 0 Å². The maximum atomic E-state index is 11.9. The van der Waals surface area contributed by atoms with Gasteiger partial charge in [0, 0.05) is 12.3 Å². The monoisotopic (exact) mass is 480 g/mol. The van der Waals surface area contributed by atoms with Gasteiger partial charge in [-0.2, -0.15) is 0 Å². The molecule has 32 heavy (non-hydrogen) atoms. The number of esters is 2. The molecule has 0 aliphatic rings. The minimum absolute atomic E-state index is 0. The summed E-state index contributed by atoms with van der Waals surface area (Å²) < 4.78 is 24.6. The fraction of sp³-hybridized carbons (Fsp3) is 0.524. The third kappa shape index (κ3) is 25.5. The molecule has 0 bridgehead atoms. The summed E-state index contributed by atoms with van der Waals surface area (Å²) in [5, 5.41) is 0. The van der Waals surface area contributed by atoms with Gasteiger partial charge in [-0.1, -0.05) is 39.0 Å². The molecule has 0 aliphatic heterocycles. The van der Waals surface area contributed by atoms with Gasteiger partial charge in [-0.3, -0.25) is 4.79 Å². The summed E-state index contributed by atoms with van der Waals surface area (Å²) >= 11 is 0. The molecule has 0 amide bonds. The predicted molar refractivity (Wildman–Crippen MR) is 105 cm³/mol. The van der Waals surface area contributed by atoms with Crippen LogP contribution < -0.4 is 68.9 Å². The number of ether oxygens (including phenoxy) is 2. The molecule has 1 atom stereocenters. The first-order valence-corrected chi connectivity index (χ1v) is 10.7. The quantitative estimate of drug-likeness (QED) is 0.0640. The largest absolute Gasteiger partial charge is 1.00 e. The fourth-order valence-electron chi connectivity index (χ4n) is 2.00. The van der Waals surface area contributed by atoms with E-state index in [2.05, 4.69) is 41.0 Å². The Morgan fingerprint density at radius 1 is 0.938 bits per heavy atom. The van der Waals surface area contributed by atoms with Gasteiger partial charge < -0.3 is 28.3 Å². The molecular weight excluding hydrogens is 457 g/mol. The van der Waals surface area contributed by atoms with Gasteiger partial charge in [-0.15, -0.1) is 6.42 Å². The van der Waals surface area contributed by atoms with E-state index in [4.69, 9.17) is 15.9 Å². The van der Waals surface area contributed by atoms with Crippen LogP contribution in [0, 0.1) is 47.9 Å². The SMILES string of the molecule is C#CC#CC#CC#CC(=O)OC[C@H](COP(=O)([O-])[O-])OC(=O)CCCCCCCC.[Na+].[Na+]. The van der Waals surface area contributed by atoms with Crippen molar-refractivity contribution in [3.63, 3.8) is 0 Å². The summed E-state index contributed by atoms with van der Waals surface area (Å²) in [6, 6.07) is 0. The average Bonchev–Trinajstić information content (AvgIpc) is 2.68. The number of carbonyl (C=O) groups is 2. The summed E-state index contributed by atoms with van der Waals surface area (Å²) in [7, 11) is -5.28. The van der Waals surface area contributed by atoms with Crippen molar-refractivity contribution in [2.45, 2.75) is 58.0 Å². The summed E-state index contributed by atoms with van der Waals surface area (Å²) in [6.45, 7) is 0.790. The van der Waals surface area contributed by atoms with E-state index >= 15 is 0 Å². The summed E-state index contributed by atoms with van der Waals surface area (Å²) in [5.74, 6) is 13.7. The van der Waals surface area contributed by atoms with Crippen LogP contribution in [0.1, 0.15) is 51.9 Å². The van der Waals surface area contributed by atoms with Gasteiger partial charge in [0.05, 0.1) is 14.4 Å². The average molecular weight is 480 g/mol. The van der Waals surface area contributed by atoms with E-state index in [9.17, 15) is 23.9 Å². The van der Waals surface area contributed by atoms with Crippen molar-refractivity contribution in [2.24, 2.45) is 0 Å². The molecule has 0 saturated heterocycles. The van der Waals surface area contributed by atoms with Gasteiger partial charge >= 0.3 is 71.1 Å². The maximum Gasteiger partial charge on any atom is 1.00 e. The van der Waals surface area contributed by atoms with E-state index in [-0.39, 0.29) is 65.5 Å². The molecule has 11 heteroatoms. The van der Waals surface area contributed by atoms with E-state index in [1.165, 1.54) is 0 Å². The van der Waals surface area contributed by atoms with Crippen molar-refractivity contribution in [1.82, 2.24) is 0 Å². The van der Waals surface area contributed by atoms with Crippen LogP contribution in [0.4, 0.5) is 0 Å². The standard InChI is InChI=1S/C21H25O8P.2Na/c1-3-5-7-9-11-13-15-20(22)27-17-19(18-28-30(24,25)26)29-21(23)16-14-12-10-8-6-4-2;;/h1,19H,4,6,8,10,12,14,16-18H2,2H3,(H2,24,25,26);;/q;2*+1/p-2/t19-;;/m1../s1. The summed E-state index contributed by atoms with van der Waals surface area (Å²) in [4.78, 5) is 44.7. The first-order valence-electron chi connectivity index (χ1n) is 9.28. The van der Waals surface area contributed by atoms with Crippen LogP contribution in [0.15, 0.2) is 0 Å². The summed E-state index contributed by atoms with van der Waals surface area (Å²) in [6.07, 6.45) is 9.51. The Labute approximate surface area is 234 Å². The van der Waals surface area contributed by atoms with Crippen molar-refractivity contribution in [3.05, 3.63) is 0 Å². The Morgan fingerprint density at radius 3 is 2.16 bits per heavy atom. The normalized spacial score (nSPS) is 9.94. The molecule has 0 fully saturated rings. The third-order valence-corrected chi connectivity index (χ3v) is 3.80. The molecule has 0 aromatic heterocycles. The number of rotatable bonds is 13. The molecule has 0 spiro atoms. The number of hydrogen-bond acceptors (Lipinski definition) is 8. The first kappa shape index (κ1) is 35.9. The Bertz CT molecular complexity index is 828. The van der Waals surface area contributed by atoms with Crippen LogP contribution in [-0.4, -0.2) is 31.3 Å². The second-order valence-electron chi connectivity index (χ2n) is 5.87. The number of terminal acetylenes is 1. The van der Waals surface area contributed by atoms with E-state index in [1.54, 1.807) is 0 Å². The molecule has 0 aromatic rings. The van der Waals surface area contributed by atoms with E-state index < -0.39 is 39.1 Å². The molecule has 0 rings (SSSR count). The minimum atomic E-state index is -5.28. The third-order valence-electron chi connectivity index (χ3n) is 3.34. The van der Waals surface area contributed by atoms with Crippen LogP contribution in [-0.2, 0) is 28.2 Å². The Kier molecular flexibility index (Phi) is 26.3. The van der Waals surface area contributed by atoms with Crippen LogP contribution >= 0.6 is 7.82 Å². The topological polar surface area (TPSA) is 125 Å². The van der Waals surface area contributed by atoms with Gasteiger partial charge in [0.1, 0.15) is 6.61 Å². The molecule has 0 aromatic carbocycles. The molecular formula is C21H23Na2O8P. The van der Waals surface area contributed by atoms with Gasteiger partial charge in [-0.25, -0.2) is 4.79 Å². The molecule has 0 aliphatic carbocycles. The second kappa shape index (κ2) is 23.4. The maximum absolute atomic E-state index is 11.9. The Morgan fingerprint density at radius 2 is 1.53 bits per heavy atom. The molecule has 0 unspecified atom stereocenters. The Balaban J connectivity index is -0.00000420. The Hall–Kier alpha value is -0.710. The first-order chi connectivity index (χ1) is 14.3. The number of carbonyl (C=O) groups excluding carboxylic acids is 2. The van der Waals surface area contributed by atoms with Crippen LogP contribution in [0.25, 0.3) is 0 Å². The smallest absolute Gasteiger partial charge is 0.790 e. The zero-order valence-electron chi connectivity index (χ0n) is 18.7. The molecule has 0 radical (unpaired) electrons. The number of unbranched alkanes of at least 4 members (excludes halogenated alkanes) is 5. The predicted octanol–water partition coefficient (Wildman–Crippen LogP) is -5.31. The molecule has 162 valence electrons. The van der Waals surface area contributed by atoms with Gasteiger partial charge in [0.15, 0.2) is 6.10 Å². The van der Waals surface area contributed by atoms with Crippen molar-refractivity contribution in [1.29, 1.82) is 0 Å². The molecule has 0 heterocycles. The van der Waals surface area contributed by atoms with Crippen LogP contribution in [0.5, 0.6) is 0 Å². The van der Waals surface area contributed by atoms with E-state index in [0.717, 1.165) is 32.1 Å². The molecule has 8 nitrogen and oxygen atoms in total. The van der Waals surface area contributed by atoms with E-state index in [0.29, 0.717) is 6.42 Å². The van der Waals surface area contributed by atoms with E-state index in [1.807, 2.05) is 11.8 Å². The van der Waals surface area contributed by atoms with Gasteiger partial charge in [0.2, 0.25) is 0 Å². The number of phosphoric ester groups is 1. The van der Waals surface area contributed by atoms with Crippen LogP contribution in [0.2, 0.25) is 0 Å². The van der Waals surface area contributed by atoms with Crippen molar-refractivity contribution in [3.8, 4) is 47.9 Å². The zero-order chi connectivity index (χ0) is 22.7. The molecule has 0 saturated carbocycles. The van der Waals surface area contributed by atoms with Crippen molar-refractivity contribution in [2.75, 3.05) is 13.2 Å². The van der Waals surface area contributed by atoms with Gasteiger partial charge in [-0.05, 0) is 41.9 Å². The number of phosphoric acid groups is 1. The summed E-state index contributed by atoms with van der Waals surface area (Å²) in [5.41, 5.74) is 0. The number of hydrogen-bond donors (Lipinski definition) is 0. The van der Waals surface area contributed by atoms with Crippen molar-refractivity contribution < 1.29 is 97.1 Å². The van der Waals surface area contributed by atoms with Crippen molar-refractivity contribution >= 4 is 19.8 Å². The zero-order valence-corrected chi connectivity index (χ0v) is 23.6. The molecule has 0 N–H and O–H groups in total. The second-order valence-corrected chi connectivity index (χ2v) is 7.02.